The Kier molecular flexibility index (Phi) is 7.28. The number of halogens is 2. The van der Waals surface area contributed by atoms with E-state index in [1.165, 1.54) is 4.31 Å². The van der Waals surface area contributed by atoms with E-state index in [-0.39, 0.29) is 17.5 Å². The van der Waals surface area contributed by atoms with Crippen molar-refractivity contribution in [1.82, 2.24) is 4.90 Å². The molecule has 0 spiro atoms. The molecule has 9 heteroatoms. The normalized spacial score (nSPS) is 19.5. The van der Waals surface area contributed by atoms with Crippen molar-refractivity contribution in [3.8, 4) is 5.75 Å². The zero-order valence-electron chi connectivity index (χ0n) is 19.7. The van der Waals surface area contributed by atoms with Gasteiger partial charge in [-0.05, 0) is 49.4 Å². The van der Waals surface area contributed by atoms with Crippen LogP contribution < -0.4 is 9.04 Å². The number of morpholine rings is 1. The fourth-order valence-corrected chi connectivity index (χ4v) is 6.65. The zero-order chi connectivity index (χ0) is 25.3. The van der Waals surface area contributed by atoms with Crippen molar-refractivity contribution < 1.29 is 17.9 Å². The predicted octanol–water partition coefficient (Wildman–Crippen LogP) is 5.85. The van der Waals surface area contributed by atoms with Gasteiger partial charge in [0.2, 0.25) is 0 Å². The summed E-state index contributed by atoms with van der Waals surface area (Å²) in [5.41, 5.74) is 3.20. The molecule has 0 aromatic heterocycles. The van der Waals surface area contributed by atoms with Gasteiger partial charge in [-0.3, -0.25) is 4.90 Å². The SMILES string of the molecule is Cc1ccc(S(=O)(=O)N2/C(=C\COc3ccc(Cl)cc3Cl)[C@@H](N3CCOCC3)c3ccccc32)cc1. The van der Waals surface area contributed by atoms with E-state index in [0.29, 0.717) is 53.5 Å². The Morgan fingerprint density at radius 2 is 1.75 bits per heavy atom. The summed E-state index contributed by atoms with van der Waals surface area (Å²) < 4.78 is 41.0. The summed E-state index contributed by atoms with van der Waals surface area (Å²) >= 11 is 12.3. The van der Waals surface area contributed by atoms with Crippen LogP contribution in [0.5, 0.6) is 5.75 Å². The number of ether oxygens (including phenoxy) is 2. The molecule has 0 saturated carbocycles. The van der Waals surface area contributed by atoms with Crippen LogP contribution in [0.4, 0.5) is 5.69 Å². The highest BCUT2D eigenvalue weighted by Gasteiger charge is 2.43. The molecule has 2 aliphatic rings. The third-order valence-electron chi connectivity index (χ3n) is 6.36. The topological polar surface area (TPSA) is 59.1 Å². The average Bonchev–Trinajstić information content (AvgIpc) is 3.21. The van der Waals surface area contributed by atoms with Crippen molar-refractivity contribution >= 4 is 38.9 Å². The molecule has 2 heterocycles. The molecule has 188 valence electrons. The Morgan fingerprint density at radius 1 is 1.03 bits per heavy atom. The third-order valence-corrected chi connectivity index (χ3v) is 8.65. The predicted molar refractivity (Wildman–Crippen MR) is 142 cm³/mol. The molecule has 1 fully saturated rings. The molecular formula is C27H26Cl2N2O4S. The van der Waals surface area contributed by atoms with Crippen LogP contribution in [0, 0.1) is 6.92 Å². The highest BCUT2D eigenvalue weighted by atomic mass is 35.5. The van der Waals surface area contributed by atoms with Gasteiger partial charge < -0.3 is 9.47 Å². The van der Waals surface area contributed by atoms with E-state index in [1.807, 2.05) is 49.4 Å². The summed E-state index contributed by atoms with van der Waals surface area (Å²) in [4.78, 5) is 2.49. The van der Waals surface area contributed by atoms with E-state index in [0.717, 1.165) is 11.1 Å². The van der Waals surface area contributed by atoms with Crippen molar-refractivity contribution in [3.05, 3.63) is 99.7 Å². The van der Waals surface area contributed by atoms with Crippen molar-refractivity contribution in [2.75, 3.05) is 37.2 Å². The van der Waals surface area contributed by atoms with Gasteiger partial charge in [-0.25, -0.2) is 12.7 Å². The highest BCUT2D eigenvalue weighted by Crippen LogP contribution is 2.48. The first kappa shape index (κ1) is 25.1. The maximum atomic E-state index is 14.0. The van der Waals surface area contributed by atoms with Gasteiger partial charge in [0, 0.05) is 23.7 Å². The number of aryl methyl sites for hydroxylation is 1. The van der Waals surface area contributed by atoms with E-state index in [1.54, 1.807) is 30.3 Å². The number of rotatable bonds is 6. The Hall–Kier alpha value is -2.55. The molecule has 0 aliphatic carbocycles. The molecule has 3 aromatic carbocycles. The average molecular weight is 545 g/mol. The summed E-state index contributed by atoms with van der Waals surface area (Å²) in [6.45, 7) is 4.63. The minimum absolute atomic E-state index is 0.130. The van der Waals surface area contributed by atoms with Crippen molar-refractivity contribution in [3.63, 3.8) is 0 Å². The molecule has 0 bridgehead atoms. The van der Waals surface area contributed by atoms with Crippen molar-refractivity contribution in [2.45, 2.75) is 17.9 Å². The Balaban J connectivity index is 1.58. The summed E-state index contributed by atoms with van der Waals surface area (Å²) in [7, 11) is -3.89. The number of para-hydroxylation sites is 1. The van der Waals surface area contributed by atoms with Crippen molar-refractivity contribution in [2.24, 2.45) is 0 Å². The minimum Gasteiger partial charge on any atom is -0.488 e. The lowest BCUT2D eigenvalue weighted by Gasteiger charge is -2.34. The second-order valence-electron chi connectivity index (χ2n) is 8.71. The molecule has 0 unspecified atom stereocenters. The van der Waals surface area contributed by atoms with E-state index in [2.05, 4.69) is 4.90 Å². The quantitative estimate of drug-likeness (QED) is 0.389. The first-order chi connectivity index (χ1) is 17.4. The lowest BCUT2D eigenvalue weighted by molar-refractivity contribution is 0.0241. The van der Waals surface area contributed by atoms with Gasteiger partial charge >= 0.3 is 0 Å². The minimum atomic E-state index is -3.89. The van der Waals surface area contributed by atoms with Crippen LogP contribution in [0.25, 0.3) is 0 Å². The number of anilines is 1. The Labute approximate surface area is 221 Å². The van der Waals surface area contributed by atoms with Gasteiger partial charge in [0.15, 0.2) is 0 Å². The molecule has 0 N–H and O–H groups in total. The Bertz CT molecular complexity index is 1390. The van der Waals surface area contributed by atoms with Crippen LogP contribution >= 0.6 is 23.2 Å². The number of hydrogen-bond acceptors (Lipinski definition) is 5. The summed E-state index contributed by atoms with van der Waals surface area (Å²) in [5.74, 6) is 0.476. The first-order valence-electron chi connectivity index (χ1n) is 11.7. The van der Waals surface area contributed by atoms with Gasteiger partial charge in [0.25, 0.3) is 10.0 Å². The highest BCUT2D eigenvalue weighted by molar-refractivity contribution is 7.93. The molecular weight excluding hydrogens is 519 g/mol. The van der Waals surface area contributed by atoms with Gasteiger partial charge in [0.05, 0.1) is 40.6 Å². The maximum Gasteiger partial charge on any atom is 0.268 e. The van der Waals surface area contributed by atoms with Crippen LogP contribution in [0.2, 0.25) is 10.0 Å². The lowest BCUT2D eigenvalue weighted by Crippen LogP contribution is -2.41. The fraction of sp³-hybridized carbons (Fsp3) is 0.259. The molecule has 1 atom stereocenters. The van der Waals surface area contributed by atoms with E-state index < -0.39 is 10.0 Å². The standard InChI is InChI=1S/C27H26Cl2N2O4S/c1-19-6-9-21(10-7-19)36(32,33)31-24-5-3-2-4-22(24)27(30-13-16-34-17-14-30)25(31)12-15-35-26-11-8-20(28)18-23(26)29/h2-12,18,27H,13-17H2,1H3/b25-12-/t27-/m0/s1. The lowest BCUT2D eigenvalue weighted by atomic mass is 10.0. The molecule has 6 nitrogen and oxygen atoms in total. The van der Waals surface area contributed by atoms with E-state index in [4.69, 9.17) is 32.7 Å². The van der Waals surface area contributed by atoms with Gasteiger partial charge in [0.1, 0.15) is 12.4 Å². The molecule has 3 aromatic rings. The van der Waals surface area contributed by atoms with Crippen LogP contribution in [0.15, 0.2) is 83.4 Å². The number of fused-ring (bicyclic) bond motifs is 1. The van der Waals surface area contributed by atoms with E-state index >= 15 is 0 Å². The molecule has 5 rings (SSSR count). The second-order valence-corrected chi connectivity index (χ2v) is 11.3. The Morgan fingerprint density at radius 3 is 2.47 bits per heavy atom. The van der Waals surface area contributed by atoms with Gasteiger partial charge in [-0.15, -0.1) is 0 Å². The summed E-state index contributed by atoms with van der Waals surface area (Å²) in [6, 6.07) is 19.3. The summed E-state index contributed by atoms with van der Waals surface area (Å²) in [5, 5.41) is 0.907. The van der Waals surface area contributed by atoms with Gasteiger partial charge in [-0.2, -0.15) is 0 Å². The number of nitrogens with zero attached hydrogens (tertiary/aromatic N) is 2. The fourth-order valence-electron chi connectivity index (χ4n) is 4.62. The summed E-state index contributed by atoms with van der Waals surface area (Å²) in [6.07, 6.45) is 1.83. The van der Waals surface area contributed by atoms with Crippen LogP contribution in [0.3, 0.4) is 0 Å². The second kappa shape index (κ2) is 10.4. The number of sulfonamides is 1. The number of hydrogen-bond donors (Lipinski definition) is 0. The molecule has 0 amide bonds. The van der Waals surface area contributed by atoms with Crippen LogP contribution in [-0.4, -0.2) is 46.2 Å². The molecule has 0 radical (unpaired) electrons. The van der Waals surface area contributed by atoms with Crippen LogP contribution in [0.1, 0.15) is 17.2 Å². The molecule has 36 heavy (non-hydrogen) atoms. The monoisotopic (exact) mass is 544 g/mol. The third kappa shape index (κ3) is 4.86. The van der Waals surface area contributed by atoms with Gasteiger partial charge in [-0.1, -0.05) is 59.1 Å². The van der Waals surface area contributed by atoms with Crippen LogP contribution in [-0.2, 0) is 14.8 Å². The number of benzene rings is 3. The maximum absolute atomic E-state index is 14.0. The zero-order valence-corrected chi connectivity index (χ0v) is 22.1. The molecule has 1 saturated heterocycles. The van der Waals surface area contributed by atoms with E-state index in [9.17, 15) is 8.42 Å². The largest absolute Gasteiger partial charge is 0.488 e. The molecule has 2 aliphatic heterocycles. The van der Waals surface area contributed by atoms with Crippen molar-refractivity contribution in [1.29, 1.82) is 0 Å². The first-order valence-corrected chi connectivity index (χ1v) is 13.9. The smallest absolute Gasteiger partial charge is 0.268 e.